The van der Waals surface area contributed by atoms with Crippen molar-refractivity contribution in [3.05, 3.63) is 24.2 Å². The van der Waals surface area contributed by atoms with E-state index in [-0.39, 0.29) is 6.04 Å². The third-order valence-electron chi connectivity index (χ3n) is 5.30. The number of furan rings is 1. The third-order valence-corrected chi connectivity index (χ3v) is 5.30. The summed E-state index contributed by atoms with van der Waals surface area (Å²) in [6.07, 6.45) is 7.72. The van der Waals surface area contributed by atoms with Crippen LogP contribution in [0.5, 0.6) is 0 Å². The minimum Gasteiger partial charge on any atom is -0.468 e. The van der Waals surface area contributed by atoms with E-state index in [1.807, 2.05) is 6.07 Å². The molecule has 0 saturated carbocycles. The summed E-state index contributed by atoms with van der Waals surface area (Å²) < 4.78 is 5.65. The fourth-order valence-corrected chi connectivity index (χ4v) is 4.30. The van der Waals surface area contributed by atoms with E-state index in [4.69, 9.17) is 4.42 Å². The molecule has 2 fully saturated rings. The molecule has 0 aliphatic carbocycles. The fourth-order valence-electron chi connectivity index (χ4n) is 4.30. The zero-order chi connectivity index (χ0) is 16.2. The van der Waals surface area contributed by atoms with Crippen molar-refractivity contribution in [1.29, 1.82) is 0 Å². The highest BCUT2D eigenvalue weighted by Crippen LogP contribution is 2.30. The molecule has 0 radical (unpaired) electrons. The Balaban J connectivity index is 1.67. The van der Waals surface area contributed by atoms with Crippen LogP contribution in [-0.4, -0.2) is 41.9 Å². The highest BCUT2D eigenvalue weighted by atomic mass is 16.3. The Bertz CT molecular complexity index is 489. The van der Waals surface area contributed by atoms with Gasteiger partial charge in [-0.25, -0.2) is 0 Å². The van der Waals surface area contributed by atoms with Gasteiger partial charge in [-0.2, -0.15) is 0 Å². The van der Waals surface area contributed by atoms with Gasteiger partial charge in [-0.05, 0) is 49.8 Å². The Labute approximate surface area is 139 Å². The molecule has 1 aromatic heterocycles. The Morgan fingerprint density at radius 1 is 1.22 bits per heavy atom. The number of amides is 1. The average Bonchev–Trinajstić information content (AvgIpc) is 2.94. The number of likely N-dealkylation sites (tertiary alicyclic amines) is 2. The van der Waals surface area contributed by atoms with Gasteiger partial charge in [-0.1, -0.05) is 26.7 Å². The van der Waals surface area contributed by atoms with Crippen LogP contribution >= 0.6 is 0 Å². The molecule has 2 aliphatic heterocycles. The molecule has 23 heavy (non-hydrogen) atoms. The predicted octanol–water partition coefficient (Wildman–Crippen LogP) is 3.70. The van der Waals surface area contributed by atoms with Crippen LogP contribution in [0.25, 0.3) is 0 Å². The lowest BCUT2D eigenvalue weighted by Crippen LogP contribution is -2.47. The van der Waals surface area contributed by atoms with E-state index >= 15 is 0 Å². The van der Waals surface area contributed by atoms with Gasteiger partial charge in [0.2, 0.25) is 5.91 Å². The molecule has 4 heteroatoms. The first-order chi connectivity index (χ1) is 11.1. The topological polar surface area (TPSA) is 36.7 Å². The lowest BCUT2D eigenvalue weighted by Gasteiger charge is -2.37. The van der Waals surface area contributed by atoms with Crippen LogP contribution < -0.4 is 0 Å². The predicted molar refractivity (Wildman–Crippen MR) is 91.0 cm³/mol. The van der Waals surface area contributed by atoms with E-state index < -0.39 is 0 Å². The summed E-state index contributed by atoms with van der Waals surface area (Å²) in [5, 5.41) is 0. The molecular weight excluding hydrogens is 288 g/mol. The fraction of sp³-hybridized carbons (Fsp3) is 0.737. The Morgan fingerprint density at radius 3 is 2.70 bits per heavy atom. The van der Waals surface area contributed by atoms with E-state index in [9.17, 15) is 4.79 Å². The second-order valence-electron chi connectivity index (χ2n) is 7.60. The summed E-state index contributed by atoms with van der Waals surface area (Å²) in [5.74, 6) is 2.54. The normalized spacial score (nSPS) is 30.2. The molecule has 1 aromatic rings. The first kappa shape index (κ1) is 16.6. The second-order valence-corrected chi connectivity index (χ2v) is 7.60. The Kier molecular flexibility index (Phi) is 5.42. The molecular formula is C19H30N2O2. The van der Waals surface area contributed by atoms with Gasteiger partial charge in [0.05, 0.1) is 18.8 Å². The molecule has 3 unspecified atom stereocenters. The summed E-state index contributed by atoms with van der Waals surface area (Å²) in [6.45, 7) is 7.88. The van der Waals surface area contributed by atoms with Crippen molar-refractivity contribution < 1.29 is 9.21 Å². The van der Waals surface area contributed by atoms with Gasteiger partial charge in [0.1, 0.15) is 5.76 Å². The monoisotopic (exact) mass is 318 g/mol. The number of piperidine rings is 1. The van der Waals surface area contributed by atoms with E-state index in [2.05, 4.69) is 29.7 Å². The number of carbonyl (C=O) groups is 1. The highest BCUT2D eigenvalue weighted by Gasteiger charge is 2.30. The first-order valence-corrected chi connectivity index (χ1v) is 9.18. The highest BCUT2D eigenvalue weighted by molar-refractivity contribution is 5.78. The average molecular weight is 318 g/mol. The number of rotatable bonds is 3. The molecule has 3 heterocycles. The van der Waals surface area contributed by atoms with Crippen molar-refractivity contribution in [3.8, 4) is 0 Å². The maximum Gasteiger partial charge on any atom is 0.236 e. The molecule has 3 atom stereocenters. The lowest BCUT2D eigenvalue weighted by atomic mass is 9.92. The molecule has 2 aliphatic rings. The van der Waals surface area contributed by atoms with Crippen LogP contribution in [0.3, 0.4) is 0 Å². The van der Waals surface area contributed by atoms with Gasteiger partial charge in [0.15, 0.2) is 0 Å². The molecule has 0 N–H and O–H groups in total. The van der Waals surface area contributed by atoms with Gasteiger partial charge in [-0.15, -0.1) is 0 Å². The molecule has 4 nitrogen and oxygen atoms in total. The summed E-state index contributed by atoms with van der Waals surface area (Å²) in [4.78, 5) is 17.3. The van der Waals surface area contributed by atoms with Gasteiger partial charge in [0, 0.05) is 13.1 Å². The van der Waals surface area contributed by atoms with E-state index in [0.717, 1.165) is 31.8 Å². The van der Waals surface area contributed by atoms with Crippen LogP contribution in [0.1, 0.15) is 57.8 Å². The SMILES string of the molecule is CC1CC(C)CN(C(=O)CN2CCCCCC2c2ccco2)C1. The van der Waals surface area contributed by atoms with Gasteiger partial charge in [-0.3, -0.25) is 9.69 Å². The van der Waals surface area contributed by atoms with Crippen molar-refractivity contribution >= 4 is 5.91 Å². The van der Waals surface area contributed by atoms with E-state index in [0.29, 0.717) is 24.3 Å². The van der Waals surface area contributed by atoms with Crippen LogP contribution in [0.15, 0.2) is 22.8 Å². The van der Waals surface area contributed by atoms with Crippen molar-refractivity contribution in [3.63, 3.8) is 0 Å². The van der Waals surface area contributed by atoms with Crippen LogP contribution in [-0.2, 0) is 4.79 Å². The molecule has 0 aromatic carbocycles. The number of hydrogen-bond donors (Lipinski definition) is 0. The molecule has 1 amide bonds. The number of carbonyl (C=O) groups excluding carboxylic acids is 1. The third kappa shape index (κ3) is 4.17. The zero-order valence-electron chi connectivity index (χ0n) is 14.5. The summed E-state index contributed by atoms with van der Waals surface area (Å²) in [7, 11) is 0. The minimum atomic E-state index is 0.260. The summed E-state index contributed by atoms with van der Waals surface area (Å²) in [6, 6.07) is 4.27. The smallest absolute Gasteiger partial charge is 0.236 e. The van der Waals surface area contributed by atoms with Crippen LogP contribution in [0.2, 0.25) is 0 Å². The molecule has 128 valence electrons. The van der Waals surface area contributed by atoms with Gasteiger partial charge < -0.3 is 9.32 Å². The van der Waals surface area contributed by atoms with Crippen molar-refractivity contribution in [1.82, 2.24) is 9.80 Å². The summed E-state index contributed by atoms with van der Waals surface area (Å²) >= 11 is 0. The van der Waals surface area contributed by atoms with Crippen LogP contribution in [0, 0.1) is 11.8 Å². The number of hydrogen-bond acceptors (Lipinski definition) is 3. The number of nitrogens with zero attached hydrogens (tertiary/aromatic N) is 2. The largest absolute Gasteiger partial charge is 0.468 e. The van der Waals surface area contributed by atoms with Crippen molar-refractivity contribution in [2.75, 3.05) is 26.2 Å². The van der Waals surface area contributed by atoms with E-state index in [1.165, 1.54) is 25.7 Å². The summed E-state index contributed by atoms with van der Waals surface area (Å²) in [5.41, 5.74) is 0. The Hall–Kier alpha value is -1.29. The quantitative estimate of drug-likeness (QED) is 0.852. The minimum absolute atomic E-state index is 0.260. The van der Waals surface area contributed by atoms with Crippen molar-refractivity contribution in [2.24, 2.45) is 11.8 Å². The van der Waals surface area contributed by atoms with Crippen LogP contribution in [0.4, 0.5) is 0 Å². The van der Waals surface area contributed by atoms with Gasteiger partial charge in [0.25, 0.3) is 0 Å². The lowest BCUT2D eigenvalue weighted by molar-refractivity contribution is -0.135. The maximum absolute atomic E-state index is 12.8. The van der Waals surface area contributed by atoms with Crippen molar-refractivity contribution in [2.45, 2.75) is 52.0 Å². The van der Waals surface area contributed by atoms with E-state index in [1.54, 1.807) is 6.26 Å². The molecule has 0 bridgehead atoms. The maximum atomic E-state index is 12.8. The zero-order valence-corrected chi connectivity index (χ0v) is 14.5. The first-order valence-electron chi connectivity index (χ1n) is 9.18. The standard InChI is InChI=1S/C19H30N2O2/c1-15-11-16(2)13-21(12-15)19(22)14-20-9-5-3-4-7-17(20)18-8-6-10-23-18/h6,8,10,15-17H,3-5,7,9,11-14H2,1-2H3. The molecule has 2 saturated heterocycles. The molecule has 0 spiro atoms. The Morgan fingerprint density at radius 2 is 2.00 bits per heavy atom. The second kappa shape index (κ2) is 7.52. The van der Waals surface area contributed by atoms with Gasteiger partial charge >= 0.3 is 0 Å². The molecule has 3 rings (SSSR count).